The van der Waals surface area contributed by atoms with E-state index in [1.165, 1.54) is 26.7 Å². The van der Waals surface area contributed by atoms with Crippen LogP contribution in [0.1, 0.15) is 35.1 Å². The van der Waals surface area contributed by atoms with Crippen molar-refractivity contribution in [3.05, 3.63) is 75.0 Å². The Labute approximate surface area is 199 Å². The summed E-state index contributed by atoms with van der Waals surface area (Å²) in [4.78, 5) is 0. The van der Waals surface area contributed by atoms with E-state index in [2.05, 4.69) is 133 Å². The van der Waals surface area contributed by atoms with Gasteiger partial charge in [0, 0.05) is 33.6 Å². The van der Waals surface area contributed by atoms with Crippen LogP contribution in [-0.4, -0.2) is 5.33 Å². The lowest BCUT2D eigenvalue weighted by Gasteiger charge is -2.33. The molecule has 2 aromatic rings. The van der Waals surface area contributed by atoms with Crippen LogP contribution in [0.2, 0.25) is 0 Å². The van der Waals surface area contributed by atoms with E-state index in [1.807, 2.05) is 0 Å². The predicted molar refractivity (Wildman–Crippen MR) is 128 cm³/mol. The van der Waals surface area contributed by atoms with Gasteiger partial charge in [-0.15, -0.1) is 0 Å². The lowest BCUT2D eigenvalue weighted by molar-refractivity contribution is 0.603. The number of halogens is 6. The van der Waals surface area contributed by atoms with Crippen molar-refractivity contribution in [2.75, 3.05) is 5.33 Å². The molecule has 0 bridgehead atoms. The predicted octanol–water partition coefficient (Wildman–Crippen LogP) is 9.08. The first-order chi connectivity index (χ1) is 11.8. The Kier molecular flexibility index (Phi) is 7.15. The maximum atomic E-state index is 3.69. The van der Waals surface area contributed by atoms with E-state index in [0.29, 0.717) is 11.8 Å². The van der Waals surface area contributed by atoms with E-state index in [1.54, 1.807) is 0 Å². The van der Waals surface area contributed by atoms with Crippen LogP contribution in [0.3, 0.4) is 0 Å². The smallest absolute Gasteiger partial charge is 0.0346 e. The fourth-order valence-electron chi connectivity index (χ4n) is 3.46. The Morgan fingerprint density at radius 2 is 1.40 bits per heavy atom. The van der Waals surface area contributed by atoms with E-state index >= 15 is 0 Å². The Morgan fingerprint density at radius 3 is 1.84 bits per heavy atom. The van der Waals surface area contributed by atoms with Gasteiger partial charge in [0.2, 0.25) is 0 Å². The number of fused-ring (bicyclic) bond motifs is 2. The van der Waals surface area contributed by atoms with Crippen LogP contribution in [-0.2, 0) is 6.42 Å². The molecule has 0 aliphatic heterocycles. The van der Waals surface area contributed by atoms with E-state index in [0.717, 1.165) is 29.6 Å². The van der Waals surface area contributed by atoms with Gasteiger partial charge in [-0.25, -0.2) is 0 Å². The minimum Gasteiger partial charge on any atom is -0.0871 e. The molecule has 1 atom stereocenters. The summed E-state index contributed by atoms with van der Waals surface area (Å²) in [5, 5.41) is 0.831. The minimum atomic E-state index is 0.319. The number of alkyl halides is 1. The third-order valence-electron chi connectivity index (χ3n) is 4.51. The molecule has 0 spiro atoms. The molecule has 25 heavy (non-hydrogen) atoms. The summed E-state index contributed by atoms with van der Waals surface area (Å²) in [7, 11) is 0. The zero-order chi connectivity index (χ0) is 18.3. The first-order valence-corrected chi connectivity index (χ1v) is 12.8. The third-order valence-corrected chi connectivity index (χ3v) is 10.1. The van der Waals surface area contributed by atoms with Crippen LogP contribution in [0.15, 0.2) is 52.7 Å². The Morgan fingerprint density at radius 1 is 0.960 bits per heavy atom. The summed E-state index contributed by atoms with van der Waals surface area (Å²) < 4.78 is 5.60. The topological polar surface area (TPSA) is 0 Å². The molecule has 1 aliphatic rings. The summed E-state index contributed by atoms with van der Waals surface area (Å²) in [5.41, 5.74) is 5.57. The highest BCUT2D eigenvalue weighted by atomic mass is 79.9. The molecule has 0 saturated heterocycles. The average Bonchev–Trinajstić information content (AvgIpc) is 2.55. The minimum absolute atomic E-state index is 0.319. The van der Waals surface area contributed by atoms with Gasteiger partial charge in [0.05, 0.1) is 0 Å². The second kappa shape index (κ2) is 8.60. The summed E-state index contributed by atoms with van der Waals surface area (Å²) in [6, 6.07) is 9.05. The average molecular weight is 722 g/mol. The third kappa shape index (κ3) is 4.40. The molecule has 0 radical (unpaired) electrons. The highest BCUT2D eigenvalue weighted by Gasteiger charge is 2.30. The maximum absolute atomic E-state index is 3.69. The molecule has 0 amide bonds. The van der Waals surface area contributed by atoms with Crippen LogP contribution in [0.5, 0.6) is 0 Å². The fourth-order valence-corrected chi connectivity index (χ4v) is 5.56. The van der Waals surface area contributed by atoms with Crippen molar-refractivity contribution in [2.24, 2.45) is 5.92 Å². The van der Waals surface area contributed by atoms with Gasteiger partial charge in [0.25, 0.3) is 0 Å². The standard InChI is InChI=1S/C19H14Br6/c1-9(2-12(21)8-20)19-13-6-17(24)15(22)4-10(13)3-11-5-16(23)18(25)7-14(11)19/h2,4-7,9,19H,3,8H2,1H3/b12-2+. The second-order valence-corrected chi connectivity index (χ2v) is 11.2. The zero-order valence-electron chi connectivity index (χ0n) is 13.2. The van der Waals surface area contributed by atoms with Crippen LogP contribution in [0.4, 0.5) is 0 Å². The number of allylic oxidation sites excluding steroid dienone is 2. The van der Waals surface area contributed by atoms with Gasteiger partial charge in [-0.05, 0) is 123 Å². The summed E-state index contributed by atoms with van der Waals surface area (Å²) in [6.45, 7) is 2.29. The van der Waals surface area contributed by atoms with Crippen molar-refractivity contribution in [3.63, 3.8) is 0 Å². The van der Waals surface area contributed by atoms with Crippen molar-refractivity contribution >= 4 is 95.6 Å². The molecule has 3 rings (SSSR count). The largest absolute Gasteiger partial charge is 0.0871 e. The van der Waals surface area contributed by atoms with Gasteiger partial charge < -0.3 is 0 Å². The van der Waals surface area contributed by atoms with Crippen LogP contribution in [0, 0.1) is 5.92 Å². The maximum Gasteiger partial charge on any atom is 0.0346 e. The van der Waals surface area contributed by atoms with Gasteiger partial charge >= 0.3 is 0 Å². The molecule has 0 heterocycles. The molecular formula is C19H14Br6. The van der Waals surface area contributed by atoms with Gasteiger partial charge in [-0.1, -0.05) is 44.9 Å². The molecule has 0 nitrogen and oxygen atoms in total. The molecule has 1 unspecified atom stereocenters. The van der Waals surface area contributed by atoms with E-state index in [9.17, 15) is 0 Å². The van der Waals surface area contributed by atoms with Crippen molar-refractivity contribution in [2.45, 2.75) is 19.3 Å². The second-order valence-electron chi connectivity index (χ2n) is 6.19. The fraction of sp³-hybridized carbons (Fsp3) is 0.263. The number of rotatable bonds is 3. The lowest BCUT2D eigenvalue weighted by Crippen LogP contribution is -2.19. The van der Waals surface area contributed by atoms with Gasteiger partial charge in [-0.3, -0.25) is 0 Å². The first-order valence-electron chi connectivity index (χ1n) is 7.69. The SMILES string of the molecule is CC(/C=C(/Br)CBr)C1c2cc(Br)c(Br)cc2Cc2cc(Br)c(Br)cc21. The molecule has 0 aromatic heterocycles. The van der Waals surface area contributed by atoms with E-state index in [4.69, 9.17) is 0 Å². The molecule has 0 saturated carbocycles. The normalized spacial score (nSPS) is 15.7. The molecular weight excluding hydrogens is 708 g/mol. The summed E-state index contributed by atoms with van der Waals surface area (Å²) >= 11 is 21.9. The Hall–Kier alpha value is 1.06. The number of benzene rings is 2. The van der Waals surface area contributed by atoms with Gasteiger partial charge in [0.15, 0.2) is 0 Å². The monoisotopic (exact) mass is 716 g/mol. The van der Waals surface area contributed by atoms with Gasteiger partial charge in [-0.2, -0.15) is 0 Å². The van der Waals surface area contributed by atoms with Crippen molar-refractivity contribution < 1.29 is 0 Å². The van der Waals surface area contributed by atoms with Crippen LogP contribution in [0.25, 0.3) is 0 Å². The lowest BCUT2D eigenvalue weighted by atomic mass is 9.72. The highest BCUT2D eigenvalue weighted by Crippen LogP contribution is 2.46. The summed E-state index contributed by atoms with van der Waals surface area (Å²) in [6.07, 6.45) is 3.26. The molecule has 2 aromatic carbocycles. The Bertz CT molecular complexity index is 798. The highest BCUT2D eigenvalue weighted by molar-refractivity contribution is 9.14. The van der Waals surface area contributed by atoms with Crippen molar-refractivity contribution in [3.8, 4) is 0 Å². The first kappa shape index (κ1) is 20.8. The number of hydrogen-bond donors (Lipinski definition) is 0. The summed E-state index contributed by atoms with van der Waals surface area (Å²) in [5.74, 6) is 0.685. The quantitative estimate of drug-likeness (QED) is 0.278. The molecule has 6 heteroatoms. The van der Waals surface area contributed by atoms with Crippen LogP contribution >= 0.6 is 95.6 Å². The van der Waals surface area contributed by atoms with E-state index in [-0.39, 0.29) is 0 Å². The molecule has 0 N–H and O–H groups in total. The number of hydrogen-bond acceptors (Lipinski definition) is 0. The van der Waals surface area contributed by atoms with Crippen molar-refractivity contribution in [1.82, 2.24) is 0 Å². The van der Waals surface area contributed by atoms with Crippen LogP contribution < -0.4 is 0 Å². The Balaban J connectivity index is 2.21. The molecule has 0 fully saturated rings. The molecule has 132 valence electrons. The van der Waals surface area contributed by atoms with Crippen molar-refractivity contribution in [1.29, 1.82) is 0 Å². The van der Waals surface area contributed by atoms with E-state index < -0.39 is 0 Å². The van der Waals surface area contributed by atoms with Gasteiger partial charge in [0.1, 0.15) is 0 Å². The zero-order valence-corrected chi connectivity index (χ0v) is 22.7. The molecule has 1 aliphatic carbocycles.